The standard InChI is InChI=1S/C20H30N4O3.2ClH/c1-14-12-15(6-7-21-14)19(25)22-17-13-16(4-5-18(17)27-3)20(26)24-10-8-23(2)9-11-24;;/h4-5,13-15,21H,6-12H2,1-3H3,(H,22,25);2*1H/t14-,15-;;/m0../s1. The molecule has 2 saturated heterocycles. The maximum absolute atomic E-state index is 12.8. The lowest BCUT2D eigenvalue weighted by Crippen LogP contribution is -2.47. The number of anilines is 1. The van der Waals surface area contributed by atoms with Crippen LogP contribution in [0, 0.1) is 5.92 Å². The van der Waals surface area contributed by atoms with Crippen LogP contribution in [-0.4, -0.2) is 74.5 Å². The van der Waals surface area contributed by atoms with Crippen molar-refractivity contribution < 1.29 is 14.3 Å². The zero-order valence-corrected chi connectivity index (χ0v) is 18.9. The number of carbonyl (C=O) groups is 2. The molecule has 2 amide bonds. The molecule has 7 nitrogen and oxygen atoms in total. The lowest BCUT2D eigenvalue weighted by atomic mass is 9.92. The van der Waals surface area contributed by atoms with Crippen molar-refractivity contribution >= 4 is 42.3 Å². The maximum atomic E-state index is 12.8. The van der Waals surface area contributed by atoms with Crippen LogP contribution in [0.15, 0.2) is 18.2 Å². The van der Waals surface area contributed by atoms with Crippen LogP contribution in [0.3, 0.4) is 0 Å². The third kappa shape index (κ3) is 6.47. The van der Waals surface area contributed by atoms with Crippen molar-refractivity contribution in [1.29, 1.82) is 0 Å². The highest BCUT2D eigenvalue weighted by Crippen LogP contribution is 2.28. The zero-order chi connectivity index (χ0) is 19.4. The molecule has 0 aromatic heterocycles. The van der Waals surface area contributed by atoms with E-state index in [4.69, 9.17) is 4.74 Å². The smallest absolute Gasteiger partial charge is 0.254 e. The van der Waals surface area contributed by atoms with Crippen molar-refractivity contribution in [3.8, 4) is 5.75 Å². The summed E-state index contributed by atoms with van der Waals surface area (Å²) in [5, 5.41) is 6.34. The van der Waals surface area contributed by atoms with E-state index in [2.05, 4.69) is 29.5 Å². The average molecular weight is 447 g/mol. The molecule has 164 valence electrons. The van der Waals surface area contributed by atoms with Gasteiger partial charge in [0, 0.05) is 43.7 Å². The molecule has 0 bridgehead atoms. The van der Waals surface area contributed by atoms with Crippen LogP contribution in [0.2, 0.25) is 0 Å². The van der Waals surface area contributed by atoms with Gasteiger partial charge in [-0.05, 0) is 51.6 Å². The fourth-order valence-electron chi connectivity index (χ4n) is 3.74. The monoisotopic (exact) mass is 446 g/mol. The fourth-order valence-corrected chi connectivity index (χ4v) is 3.74. The first-order valence-electron chi connectivity index (χ1n) is 9.68. The van der Waals surface area contributed by atoms with E-state index in [1.807, 2.05) is 4.90 Å². The molecular weight excluding hydrogens is 415 g/mol. The summed E-state index contributed by atoms with van der Waals surface area (Å²) in [6, 6.07) is 5.59. The Kier molecular flexibility index (Phi) is 10.2. The molecule has 0 radical (unpaired) electrons. The third-order valence-electron chi connectivity index (χ3n) is 5.49. The number of ether oxygens (including phenoxy) is 1. The number of likely N-dealkylation sites (N-methyl/N-ethyl adjacent to an activating group) is 1. The Morgan fingerprint density at radius 3 is 2.48 bits per heavy atom. The van der Waals surface area contributed by atoms with Crippen LogP contribution < -0.4 is 15.4 Å². The summed E-state index contributed by atoms with van der Waals surface area (Å²) >= 11 is 0. The quantitative estimate of drug-likeness (QED) is 0.741. The normalized spacial score (nSPS) is 22.1. The minimum atomic E-state index is -0.0251. The third-order valence-corrected chi connectivity index (χ3v) is 5.49. The van der Waals surface area contributed by atoms with E-state index in [0.29, 0.717) is 23.0 Å². The molecule has 2 heterocycles. The molecule has 2 fully saturated rings. The SMILES string of the molecule is COc1ccc(C(=O)N2CCN(C)CC2)cc1NC(=O)[C@H]1CCN[C@@H](C)C1.Cl.Cl. The Bertz CT molecular complexity index is 696. The number of carbonyl (C=O) groups excluding carboxylic acids is 2. The summed E-state index contributed by atoms with van der Waals surface area (Å²) in [4.78, 5) is 29.6. The van der Waals surface area contributed by atoms with E-state index in [9.17, 15) is 9.59 Å². The minimum absolute atomic E-state index is 0. The van der Waals surface area contributed by atoms with E-state index in [1.165, 1.54) is 0 Å². The number of methoxy groups -OCH3 is 1. The van der Waals surface area contributed by atoms with Crippen molar-refractivity contribution in [2.75, 3.05) is 52.2 Å². The van der Waals surface area contributed by atoms with Gasteiger partial charge in [0.1, 0.15) is 5.75 Å². The first-order valence-corrected chi connectivity index (χ1v) is 9.68. The lowest BCUT2D eigenvalue weighted by molar-refractivity contribution is -0.120. The largest absolute Gasteiger partial charge is 0.495 e. The summed E-state index contributed by atoms with van der Waals surface area (Å²) in [6.07, 6.45) is 1.63. The number of hydrogen-bond donors (Lipinski definition) is 2. The minimum Gasteiger partial charge on any atom is -0.495 e. The van der Waals surface area contributed by atoms with Crippen molar-refractivity contribution in [2.24, 2.45) is 5.92 Å². The van der Waals surface area contributed by atoms with Gasteiger partial charge >= 0.3 is 0 Å². The lowest BCUT2D eigenvalue weighted by Gasteiger charge is -2.32. The molecule has 2 aliphatic rings. The number of rotatable bonds is 4. The molecule has 2 aliphatic heterocycles. The predicted molar refractivity (Wildman–Crippen MR) is 120 cm³/mol. The molecule has 29 heavy (non-hydrogen) atoms. The number of amides is 2. The van der Waals surface area contributed by atoms with Crippen LogP contribution in [-0.2, 0) is 4.79 Å². The molecule has 9 heteroatoms. The van der Waals surface area contributed by atoms with Gasteiger partial charge in [-0.25, -0.2) is 0 Å². The van der Waals surface area contributed by atoms with Crippen LogP contribution >= 0.6 is 24.8 Å². The van der Waals surface area contributed by atoms with Crippen LogP contribution in [0.5, 0.6) is 5.75 Å². The molecule has 2 N–H and O–H groups in total. The maximum Gasteiger partial charge on any atom is 0.254 e. The Balaban J connectivity index is 0.00000210. The Morgan fingerprint density at radius 1 is 1.17 bits per heavy atom. The number of halogens is 2. The van der Waals surface area contributed by atoms with Crippen molar-refractivity contribution in [2.45, 2.75) is 25.8 Å². The van der Waals surface area contributed by atoms with E-state index in [0.717, 1.165) is 45.6 Å². The summed E-state index contributed by atoms with van der Waals surface area (Å²) in [7, 11) is 3.63. The highest BCUT2D eigenvalue weighted by Gasteiger charge is 2.26. The van der Waals surface area contributed by atoms with E-state index >= 15 is 0 Å². The molecule has 0 aliphatic carbocycles. The molecule has 2 atom stereocenters. The van der Waals surface area contributed by atoms with Crippen molar-refractivity contribution in [3.63, 3.8) is 0 Å². The molecule has 0 unspecified atom stereocenters. The van der Waals surface area contributed by atoms with Gasteiger partial charge in [0.15, 0.2) is 0 Å². The summed E-state index contributed by atoms with van der Waals surface area (Å²) in [6.45, 7) is 6.12. The number of piperazine rings is 1. The molecule has 1 aromatic carbocycles. The topological polar surface area (TPSA) is 73.9 Å². The number of piperidine rings is 1. The van der Waals surface area contributed by atoms with Crippen molar-refractivity contribution in [1.82, 2.24) is 15.1 Å². The number of nitrogens with zero attached hydrogens (tertiary/aromatic N) is 2. The molecule has 1 aromatic rings. The second-order valence-electron chi connectivity index (χ2n) is 7.58. The number of nitrogens with one attached hydrogen (secondary N) is 2. The number of hydrogen-bond acceptors (Lipinski definition) is 5. The van der Waals surface area contributed by atoms with Crippen LogP contribution in [0.25, 0.3) is 0 Å². The molecule has 0 saturated carbocycles. The first-order chi connectivity index (χ1) is 13.0. The fraction of sp³-hybridized carbons (Fsp3) is 0.600. The first kappa shape index (κ1) is 25.5. The molecule has 3 rings (SSSR count). The predicted octanol–water partition coefficient (Wildman–Crippen LogP) is 2.25. The van der Waals surface area contributed by atoms with E-state index in [1.54, 1.807) is 25.3 Å². The summed E-state index contributed by atoms with van der Waals surface area (Å²) < 4.78 is 5.39. The van der Waals surface area contributed by atoms with Crippen LogP contribution in [0.4, 0.5) is 5.69 Å². The zero-order valence-electron chi connectivity index (χ0n) is 17.3. The average Bonchev–Trinajstić information content (AvgIpc) is 2.68. The molecule has 0 spiro atoms. The Morgan fingerprint density at radius 2 is 1.86 bits per heavy atom. The van der Waals surface area contributed by atoms with Gasteiger partial charge in [0.2, 0.25) is 5.91 Å². The van der Waals surface area contributed by atoms with E-state index < -0.39 is 0 Å². The number of benzene rings is 1. The van der Waals surface area contributed by atoms with Crippen LogP contribution in [0.1, 0.15) is 30.1 Å². The highest BCUT2D eigenvalue weighted by molar-refractivity contribution is 5.99. The second kappa shape index (κ2) is 11.6. The van der Waals surface area contributed by atoms with Gasteiger partial charge in [0.05, 0.1) is 12.8 Å². The summed E-state index contributed by atoms with van der Waals surface area (Å²) in [5.74, 6) is 0.533. The highest BCUT2D eigenvalue weighted by atomic mass is 35.5. The van der Waals surface area contributed by atoms with Gasteiger partial charge in [0.25, 0.3) is 5.91 Å². The van der Waals surface area contributed by atoms with Gasteiger partial charge < -0.3 is 25.2 Å². The molecular formula is C20H32Cl2N4O3. The van der Waals surface area contributed by atoms with Gasteiger partial charge in [-0.2, -0.15) is 0 Å². The van der Waals surface area contributed by atoms with Gasteiger partial charge in [-0.1, -0.05) is 0 Å². The van der Waals surface area contributed by atoms with Crippen molar-refractivity contribution in [3.05, 3.63) is 23.8 Å². The second-order valence-corrected chi connectivity index (χ2v) is 7.58. The van der Waals surface area contributed by atoms with E-state index in [-0.39, 0.29) is 42.5 Å². The Labute approximate surface area is 185 Å². The Hall–Kier alpha value is -1.54. The van der Waals surface area contributed by atoms with Gasteiger partial charge in [-0.15, -0.1) is 24.8 Å². The summed E-state index contributed by atoms with van der Waals surface area (Å²) in [5.41, 5.74) is 1.14. The van der Waals surface area contributed by atoms with Gasteiger partial charge in [-0.3, -0.25) is 9.59 Å².